The van der Waals surface area contributed by atoms with Gasteiger partial charge in [-0.3, -0.25) is 4.79 Å². The summed E-state index contributed by atoms with van der Waals surface area (Å²) in [7, 11) is -3.64. The monoisotopic (exact) mass is 456 g/mol. The lowest BCUT2D eigenvalue weighted by atomic mass is 10.3. The molecule has 1 fully saturated rings. The average Bonchev–Trinajstić information content (AvgIpc) is 2.68. The maximum Gasteiger partial charge on any atom is 0.275 e. The number of aromatic nitrogens is 2. The Hall–Kier alpha value is -1.72. The smallest absolute Gasteiger partial charge is 0.275 e. The van der Waals surface area contributed by atoms with Crippen LogP contribution in [-0.4, -0.2) is 60.2 Å². The number of benzene rings is 1. The van der Waals surface area contributed by atoms with Gasteiger partial charge in [0.25, 0.3) is 5.91 Å². The van der Waals surface area contributed by atoms with E-state index in [1.165, 1.54) is 46.5 Å². The van der Waals surface area contributed by atoms with Crippen molar-refractivity contribution in [3.05, 3.63) is 41.2 Å². The van der Waals surface area contributed by atoms with Gasteiger partial charge in [-0.1, -0.05) is 23.4 Å². The highest BCUT2D eigenvalue weighted by atomic mass is 35.5. The first-order chi connectivity index (χ1) is 13.7. The summed E-state index contributed by atoms with van der Waals surface area (Å²) in [4.78, 5) is 20.7. The third-order valence-electron chi connectivity index (χ3n) is 4.26. The molecule has 3 rings (SSSR count). The number of nitrogens with one attached hydrogen (secondary N) is 1. The average molecular weight is 457 g/mol. The van der Waals surface area contributed by atoms with Crippen LogP contribution in [-0.2, 0) is 14.8 Å². The Morgan fingerprint density at radius 2 is 1.86 bits per heavy atom. The predicted molar refractivity (Wildman–Crippen MR) is 112 cm³/mol. The molecule has 1 aromatic heterocycles. The molecule has 0 bridgehead atoms. The van der Waals surface area contributed by atoms with Crippen LogP contribution >= 0.6 is 23.4 Å². The quantitative estimate of drug-likeness (QED) is 0.545. The molecule has 156 valence electrons. The van der Waals surface area contributed by atoms with E-state index in [9.17, 15) is 13.2 Å². The van der Waals surface area contributed by atoms with E-state index in [4.69, 9.17) is 16.3 Å². The standard InChI is InChI=1S/C18H21ClN4O4S2/c1-11-9-23(10-12(2)27-11)29(25,26)14-6-4-13(5-7-14)21-17(24)16-15(19)8-20-18(22-16)28-3/h4-8,11-12H,9-10H2,1-3H3,(H,21,24)/t11-,12+. The molecule has 0 saturated carbocycles. The number of hydrogen-bond acceptors (Lipinski definition) is 7. The van der Waals surface area contributed by atoms with Gasteiger partial charge < -0.3 is 10.1 Å². The van der Waals surface area contributed by atoms with Crippen LogP contribution in [0.4, 0.5) is 5.69 Å². The highest BCUT2D eigenvalue weighted by molar-refractivity contribution is 7.98. The van der Waals surface area contributed by atoms with E-state index in [0.29, 0.717) is 23.9 Å². The molecule has 1 amide bonds. The van der Waals surface area contributed by atoms with E-state index in [-0.39, 0.29) is 27.8 Å². The van der Waals surface area contributed by atoms with E-state index < -0.39 is 15.9 Å². The SMILES string of the molecule is CSc1ncc(Cl)c(C(=O)Nc2ccc(S(=O)(=O)N3C[C@@H](C)O[C@@H](C)C3)cc2)n1. The summed E-state index contributed by atoms with van der Waals surface area (Å²) in [5, 5.41) is 3.23. The number of rotatable bonds is 5. The molecule has 0 radical (unpaired) electrons. The zero-order valence-corrected chi connectivity index (χ0v) is 18.5. The van der Waals surface area contributed by atoms with Gasteiger partial charge in [-0.2, -0.15) is 4.31 Å². The van der Waals surface area contributed by atoms with Crippen molar-refractivity contribution in [2.45, 2.75) is 36.1 Å². The van der Waals surface area contributed by atoms with Gasteiger partial charge in [-0.15, -0.1) is 0 Å². The van der Waals surface area contributed by atoms with Crippen LogP contribution < -0.4 is 5.32 Å². The number of sulfonamides is 1. The number of hydrogen-bond donors (Lipinski definition) is 1. The molecule has 1 aliphatic heterocycles. The van der Waals surface area contributed by atoms with Crippen molar-refractivity contribution in [3.63, 3.8) is 0 Å². The van der Waals surface area contributed by atoms with Crippen LogP contribution in [0, 0.1) is 0 Å². The van der Waals surface area contributed by atoms with Gasteiger partial charge in [0.2, 0.25) is 10.0 Å². The molecule has 1 aliphatic rings. The van der Waals surface area contributed by atoms with Gasteiger partial charge in [0.1, 0.15) is 0 Å². The normalized spacial score (nSPS) is 20.4. The zero-order chi connectivity index (χ0) is 21.2. The Morgan fingerprint density at radius 1 is 1.24 bits per heavy atom. The van der Waals surface area contributed by atoms with Crippen molar-refractivity contribution < 1.29 is 17.9 Å². The second kappa shape index (κ2) is 8.97. The van der Waals surface area contributed by atoms with Crippen LogP contribution in [0.2, 0.25) is 5.02 Å². The van der Waals surface area contributed by atoms with Crippen LogP contribution in [0.15, 0.2) is 40.5 Å². The lowest BCUT2D eigenvalue weighted by molar-refractivity contribution is -0.0440. The second-order valence-electron chi connectivity index (χ2n) is 6.61. The number of nitrogens with zero attached hydrogens (tertiary/aromatic N) is 3. The molecule has 0 spiro atoms. The van der Waals surface area contributed by atoms with Crippen molar-refractivity contribution >= 4 is 45.0 Å². The van der Waals surface area contributed by atoms with Crippen molar-refractivity contribution in [3.8, 4) is 0 Å². The molecule has 0 unspecified atom stereocenters. The van der Waals surface area contributed by atoms with Crippen molar-refractivity contribution in [1.82, 2.24) is 14.3 Å². The molecule has 2 heterocycles. The van der Waals surface area contributed by atoms with E-state index in [1.54, 1.807) is 6.26 Å². The summed E-state index contributed by atoms with van der Waals surface area (Å²) < 4.78 is 32.8. The van der Waals surface area contributed by atoms with Gasteiger partial charge >= 0.3 is 0 Å². The first-order valence-electron chi connectivity index (χ1n) is 8.84. The van der Waals surface area contributed by atoms with Gasteiger partial charge in [0, 0.05) is 18.8 Å². The predicted octanol–water partition coefficient (Wildman–Crippen LogP) is 2.90. The molecule has 11 heteroatoms. The maximum absolute atomic E-state index is 12.9. The van der Waals surface area contributed by atoms with E-state index in [0.717, 1.165) is 0 Å². The fourth-order valence-electron chi connectivity index (χ4n) is 2.99. The van der Waals surface area contributed by atoms with Crippen LogP contribution in [0.1, 0.15) is 24.3 Å². The minimum Gasteiger partial charge on any atom is -0.373 e. The van der Waals surface area contributed by atoms with Gasteiger partial charge in [0.05, 0.1) is 28.3 Å². The molecule has 1 aromatic carbocycles. The summed E-state index contributed by atoms with van der Waals surface area (Å²) in [6.07, 6.45) is 2.82. The first kappa shape index (κ1) is 22.0. The van der Waals surface area contributed by atoms with Crippen molar-refractivity contribution in [2.24, 2.45) is 0 Å². The Bertz CT molecular complexity index is 991. The highest BCUT2D eigenvalue weighted by Gasteiger charge is 2.32. The van der Waals surface area contributed by atoms with Crippen LogP contribution in [0.25, 0.3) is 0 Å². The Kier molecular flexibility index (Phi) is 6.79. The van der Waals surface area contributed by atoms with Crippen LogP contribution in [0.3, 0.4) is 0 Å². The summed E-state index contributed by atoms with van der Waals surface area (Å²) >= 11 is 7.31. The number of morpholine rings is 1. The number of halogens is 1. The molecule has 1 N–H and O–H groups in total. The van der Waals surface area contributed by atoms with Crippen LogP contribution in [0.5, 0.6) is 0 Å². The minimum atomic E-state index is -3.64. The molecule has 2 atom stereocenters. The maximum atomic E-state index is 12.9. The largest absolute Gasteiger partial charge is 0.373 e. The molecule has 0 aliphatic carbocycles. The zero-order valence-electron chi connectivity index (χ0n) is 16.1. The summed E-state index contributed by atoms with van der Waals surface area (Å²) in [6.45, 7) is 4.29. The highest BCUT2D eigenvalue weighted by Crippen LogP contribution is 2.23. The first-order valence-corrected chi connectivity index (χ1v) is 11.9. The number of carbonyl (C=O) groups is 1. The number of thioether (sulfide) groups is 1. The topological polar surface area (TPSA) is 101 Å². The van der Waals surface area contributed by atoms with Crippen molar-refractivity contribution in [1.29, 1.82) is 0 Å². The molecule has 1 saturated heterocycles. The third-order valence-corrected chi connectivity index (χ3v) is 6.94. The molecule has 2 aromatic rings. The Balaban J connectivity index is 1.76. The van der Waals surface area contributed by atoms with Gasteiger partial charge in [-0.25, -0.2) is 18.4 Å². The summed E-state index contributed by atoms with van der Waals surface area (Å²) in [5.74, 6) is -0.501. The number of anilines is 1. The summed E-state index contributed by atoms with van der Waals surface area (Å²) in [6, 6.07) is 5.99. The third kappa shape index (κ3) is 5.07. The molecular weight excluding hydrogens is 436 g/mol. The molecule has 8 nitrogen and oxygen atoms in total. The number of carbonyl (C=O) groups excluding carboxylic acids is 1. The van der Waals surface area contributed by atoms with E-state index >= 15 is 0 Å². The Labute approximate surface area is 179 Å². The second-order valence-corrected chi connectivity index (χ2v) is 9.73. The fraction of sp³-hybridized carbons (Fsp3) is 0.389. The summed E-state index contributed by atoms with van der Waals surface area (Å²) in [5.41, 5.74) is 0.483. The number of ether oxygens (including phenoxy) is 1. The Morgan fingerprint density at radius 3 is 2.45 bits per heavy atom. The molecule has 29 heavy (non-hydrogen) atoms. The van der Waals surface area contributed by atoms with E-state index in [1.807, 2.05) is 13.8 Å². The van der Waals surface area contributed by atoms with Gasteiger partial charge in [-0.05, 0) is 44.4 Å². The van der Waals surface area contributed by atoms with E-state index in [2.05, 4.69) is 15.3 Å². The van der Waals surface area contributed by atoms with Gasteiger partial charge in [0.15, 0.2) is 10.9 Å². The minimum absolute atomic E-state index is 0.0546. The fourth-order valence-corrected chi connectivity index (χ4v) is 5.09. The van der Waals surface area contributed by atoms with Crippen molar-refractivity contribution in [2.75, 3.05) is 24.7 Å². The molecular formula is C18H21ClN4O4S2. The number of amides is 1. The lowest BCUT2D eigenvalue weighted by Gasteiger charge is -2.34. The lowest BCUT2D eigenvalue weighted by Crippen LogP contribution is -2.48.